The largest absolute Gasteiger partial charge is 0.433 e. The molecule has 0 spiro atoms. The standard InChI is InChI=1S/C18H18F5N5O2/c19-11-8-26(9-12(11)20)16(29)13-2-1-3-15-25-27(17(30)28(13)15)7-10-4-5-14(24-6-10)18(21,22)23/h4-6,11-13H,1-3,7-9H2/t11-,12-,13+/m1/s1. The molecule has 7 nitrogen and oxygen atoms in total. The van der Waals surface area contributed by atoms with Crippen LogP contribution >= 0.6 is 0 Å². The summed E-state index contributed by atoms with van der Waals surface area (Å²) in [7, 11) is 0. The van der Waals surface area contributed by atoms with Gasteiger partial charge in [0.25, 0.3) is 0 Å². The molecule has 4 rings (SSSR count). The predicted octanol–water partition coefficient (Wildman–Crippen LogP) is 1.90. The number of hydrogen-bond donors (Lipinski definition) is 0. The average Bonchev–Trinajstić information content (AvgIpc) is 3.20. The van der Waals surface area contributed by atoms with Crippen LogP contribution in [0.2, 0.25) is 0 Å². The summed E-state index contributed by atoms with van der Waals surface area (Å²) in [5.41, 5.74) is -1.31. The zero-order valence-corrected chi connectivity index (χ0v) is 15.6. The third kappa shape index (κ3) is 3.70. The summed E-state index contributed by atoms with van der Waals surface area (Å²) in [6, 6.07) is 1.12. The van der Waals surface area contributed by atoms with Crippen molar-refractivity contribution in [3.05, 3.63) is 45.9 Å². The normalized spacial score (nSPS) is 24.2. The van der Waals surface area contributed by atoms with Gasteiger partial charge >= 0.3 is 11.9 Å². The molecule has 0 aromatic carbocycles. The molecule has 2 aromatic heterocycles. The molecule has 1 fully saturated rings. The van der Waals surface area contributed by atoms with Crippen LogP contribution in [-0.4, -0.2) is 55.6 Å². The summed E-state index contributed by atoms with van der Waals surface area (Å²) < 4.78 is 67.2. The van der Waals surface area contributed by atoms with Gasteiger partial charge in [0, 0.05) is 12.6 Å². The lowest BCUT2D eigenvalue weighted by molar-refractivity contribution is -0.141. The van der Waals surface area contributed by atoms with Gasteiger partial charge in [0.05, 0.1) is 19.6 Å². The van der Waals surface area contributed by atoms with Crippen LogP contribution in [0.1, 0.15) is 36.0 Å². The lowest BCUT2D eigenvalue weighted by Crippen LogP contribution is -2.42. The van der Waals surface area contributed by atoms with E-state index in [0.717, 1.165) is 21.8 Å². The maximum Gasteiger partial charge on any atom is 0.433 e. The van der Waals surface area contributed by atoms with Crippen molar-refractivity contribution < 1.29 is 26.7 Å². The Balaban J connectivity index is 1.57. The molecule has 3 atom stereocenters. The van der Waals surface area contributed by atoms with E-state index in [9.17, 15) is 31.5 Å². The van der Waals surface area contributed by atoms with Crippen LogP contribution in [0.5, 0.6) is 0 Å². The Kier molecular flexibility index (Phi) is 5.10. The maximum atomic E-state index is 13.5. The van der Waals surface area contributed by atoms with Crippen LogP contribution in [0.3, 0.4) is 0 Å². The molecule has 0 unspecified atom stereocenters. The van der Waals surface area contributed by atoms with E-state index in [4.69, 9.17) is 0 Å². The molecule has 2 aliphatic heterocycles. The van der Waals surface area contributed by atoms with E-state index in [-0.39, 0.29) is 19.6 Å². The van der Waals surface area contributed by atoms with E-state index in [0.29, 0.717) is 30.7 Å². The van der Waals surface area contributed by atoms with Gasteiger partial charge in [0.2, 0.25) is 5.91 Å². The summed E-state index contributed by atoms with van der Waals surface area (Å²) in [5.74, 6) is -0.172. The molecular weight excluding hydrogens is 413 g/mol. The summed E-state index contributed by atoms with van der Waals surface area (Å²) >= 11 is 0. The zero-order valence-electron chi connectivity index (χ0n) is 15.6. The van der Waals surface area contributed by atoms with Crippen LogP contribution in [-0.2, 0) is 23.9 Å². The molecule has 0 saturated carbocycles. The highest BCUT2D eigenvalue weighted by molar-refractivity contribution is 5.81. The fourth-order valence-electron chi connectivity index (χ4n) is 3.84. The van der Waals surface area contributed by atoms with Gasteiger partial charge in [-0.1, -0.05) is 6.07 Å². The second kappa shape index (κ2) is 7.47. The SMILES string of the molecule is O=C([C@@H]1CCCc2nn(Cc3ccc(C(F)(F)F)nc3)c(=O)n21)N1C[C@@H](F)[C@H](F)C1. The van der Waals surface area contributed by atoms with Crippen LogP contribution in [0.15, 0.2) is 23.1 Å². The molecule has 2 aliphatic rings. The predicted molar refractivity (Wildman–Crippen MR) is 93.2 cm³/mol. The van der Waals surface area contributed by atoms with Crippen LogP contribution in [0.25, 0.3) is 0 Å². The van der Waals surface area contributed by atoms with Crippen LogP contribution < -0.4 is 5.69 Å². The van der Waals surface area contributed by atoms with Crippen molar-refractivity contribution in [3.8, 4) is 0 Å². The first-order chi connectivity index (χ1) is 14.1. The van der Waals surface area contributed by atoms with E-state index in [1.165, 1.54) is 10.6 Å². The van der Waals surface area contributed by atoms with Crippen LogP contribution in [0.4, 0.5) is 22.0 Å². The number of halogens is 5. The first-order valence-corrected chi connectivity index (χ1v) is 9.42. The molecule has 2 aromatic rings. The molecule has 162 valence electrons. The number of fused-ring (bicyclic) bond motifs is 1. The summed E-state index contributed by atoms with van der Waals surface area (Å²) in [6.07, 6.45) is -5.70. The Bertz CT molecular complexity index is 990. The quantitative estimate of drug-likeness (QED) is 0.696. The smallest absolute Gasteiger partial charge is 0.335 e. The van der Waals surface area contributed by atoms with Crippen molar-refractivity contribution in [2.45, 2.75) is 50.4 Å². The van der Waals surface area contributed by atoms with Crippen LogP contribution in [0, 0.1) is 0 Å². The summed E-state index contributed by atoms with van der Waals surface area (Å²) in [5, 5.41) is 4.20. The van der Waals surface area contributed by atoms with Gasteiger partial charge in [-0.05, 0) is 24.5 Å². The molecule has 0 aliphatic carbocycles. The van der Waals surface area contributed by atoms with Crippen molar-refractivity contribution in [3.63, 3.8) is 0 Å². The Labute approximate surface area is 167 Å². The summed E-state index contributed by atoms with van der Waals surface area (Å²) in [4.78, 5) is 30.1. The monoisotopic (exact) mass is 431 g/mol. The van der Waals surface area contributed by atoms with E-state index in [2.05, 4.69) is 10.1 Å². The van der Waals surface area contributed by atoms with E-state index >= 15 is 0 Å². The number of hydrogen-bond acceptors (Lipinski definition) is 4. The summed E-state index contributed by atoms with van der Waals surface area (Å²) in [6.45, 7) is -0.828. The fourth-order valence-corrected chi connectivity index (χ4v) is 3.84. The van der Waals surface area contributed by atoms with Crippen molar-refractivity contribution in [2.75, 3.05) is 13.1 Å². The highest BCUT2D eigenvalue weighted by Gasteiger charge is 2.40. The molecule has 30 heavy (non-hydrogen) atoms. The number of carbonyl (C=O) groups excluding carboxylic acids is 1. The van der Waals surface area contributed by atoms with E-state index in [1.54, 1.807) is 0 Å². The maximum absolute atomic E-state index is 13.5. The van der Waals surface area contributed by atoms with Gasteiger partial charge in [-0.25, -0.2) is 18.3 Å². The lowest BCUT2D eigenvalue weighted by atomic mass is 10.0. The minimum Gasteiger partial charge on any atom is -0.335 e. The van der Waals surface area contributed by atoms with E-state index < -0.39 is 41.9 Å². The number of aryl methyl sites for hydroxylation is 1. The Morgan fingerprint density at radius 1 is 1.17 bits per heavy atom. The number of nitrogens with zero attached hydrogens (tertiary/aromatic N) is 5. The molecule has 4 heterocycles. The second-order valence-corrected chi connectivity index (χ2v) is 7.46. The Hall–Kier alpha value is -2.79. The molecular formula is C18H18F5N5O2. The Morgan fingerprint density at radius 2 is 1.87 bits per heavy atom. The highest BCUT2D eigenvalue weighted by Crippen LogP contribution is 2.28. The second-order valence-electron chi connectivity index (χ2n) is 7.46. The van der Waals surface area contributed by atoms with Gasteiger partial charge in [0.1, 0.15) is 17.6 Å². The van der Waals surface area contributed by atoms with Gasteiger partial charge in [-0.2, -0.15) is 18.3 Å². The number of alkyl halides is 5. The third-order valence-electron chi connectivity index (χ3n) is 5.36. The van der Waals surface area contributed by atoms with Crippen molar-refractivity contribution in [1.82, 2.24) is 24.2 Å². The number of amides is 1. The first-order valence-electron chi connectivity index (χ1n) is 9.42. The number of pyridine rings is 1. The molecule has 0 bridgehead atoms. The van der Waals surface area contributed by atoms with Gasteiger partial charge < -0.3 is 4.90 Å². The number of carbonyl (C=O) groups is 1. The minimum absolute atomic E-state index is 0.117. The number of likely N-dealkylation sites (tertiary alicyclic amines) is 1. The molecule has 1 saturated heterocycles. The first kappa shape index (κ1) is 20.5. The Morgan fingerprint density at radius 3 is 2.47 bits per heavy atom. The van der Waals surface area contributed by atoms with Gasteiger partial charge in [-0.3, -0.25) is 14.3 Å². The molecule has 0 radical (unpaired) electrons. The number of rotatable bonds is 3. The van der Waals surface area contributed by atoms with E-state index in [1.807, 2.05) is 0 Å². The fraction of sp³-hybridized carbons (Fsp3) is 0.556. The van der Waals surface area contributed by atoms with Crippen molar-refractivity contribution in [2.24, 2.45) is 0 Å². The molecule has 12 heteroatoms. The number of aromatic nitrogens is 4. The third-order valence-corrected chi connectivity index (χ3v) is 5.36. The molecule has 1 amide bonds. The van der Waals surface area contributed by atoms with Gasteiger partial charge in [0.15, 0.2) is 12.3 Å². The topological polar surface area (TPSA) is 73.0 Å². The van der Waals surface area contributed by atoms with Gasteiger partial charge in [-0.15, -0.1) is 0 Å². The average molecular weight is 431 g/mol. The zero-order chi connectivity index (χ0) is 21.6. The molecule has 0 N–H and O–H groups in total. The minimum atomic E-state index is -4.57. The lowest BCUT2D eigenvalue weighted by Gasteiger charge is -2.26. The van der Waals surface area contributed by atoms with Crippen molar-refractivity contribution in [1.29, 1.82) is 0 Å². The highest BCUT2D eigenvalue weighted by atomic mass is 19.4. The van der Waals surface area contributed by atoms with Crippen molar-refractivity contribution >= 4 is 5.91 Å².